The van der Waals surface area contributed by atoms with Gasteiger partial charge in [-0.05, 0) is 63.9 Å². The van der Waals surface area contributed by atoms with Crippen LogP contribution in [0.4, 0.5) is 5.69 Å². The number of nitrogens with one attached hydrogen (secondary N) is 2. The second-order valence-corrected chi connectivity index (χ2v) is 7.78. The third kappa shape index (κ3) is 4.73. The molecule has 2 saturated heterocycles. The number of hydrogen-bond donors (Lipinski definition) is 2. The Morgan fingerprint density at radius 3 is 2.44 bits per heavy atom. The van der Waals surface area contributed by atoms with Crippen LogP contribution in [0, 0.1) is 5.92 Å². The second kappa shape index (κ2) is 8.19. The van der Waals surface area contributed by atoms with Crippen molar-refractivity contribution < 1.29 is 4.79 Å². The Bertz CT molecular complexity index is 564. The number of nitrogens with zero attached hydrogens (tertiary/aromatic N) is 2. The highest BCUT2D eigenvalue weighted by Gasteiger charge is 2.21. The molecule has 2 atom stereocenters. The molecule has 2 aliphatic rings. The van der Waals surface area contributed by atoms with Gasteiger partial charge in [0.1, 0.15) is 0 Å². The van der Waals surface area contributed by atoms with E-state index in [4.69, 9.17) is 0 Å². The Balaban J connectivity index is 1.49. The third-order valence-electron chi connectivity index (χ3n) is 5.53. The van der Waals surface area contributed by atoms with E-state index in [9.17, 15) is 4.79 Å². The highest BCUT2D eigenvalue weighted by Crippen LogP contribution is 2.18. The van der Waals surface area contributed by atoms with E-state index in [0.717, 1.165) is 51.3 Å². The molecule has 0 saturated carbocycles. The summed E-state index contributed by atoms with van der Waals surface area (Å²) in [5, 5.41) is 6.51. The average Bonchev–Trinajstić information content (AvgIpc) is 3.05. The van der Waals surface area contributed by atoms with Crippen molar-refractivity contribution in [1.29, 1.82) is 0 Å². The van der Waals surface area contributed by atoms with Gasteiger partial charge >= 0.3 is 0 Å². The number of hydrogen-bond acceptors (Lipinski definition) is 4. The van der Waals surface area contributed by atoms with Crippen molar-refractivity contribution in [2.75, 3.05) is 44.2 Å². The van der Waals surface area contributed by atoms with E-state index >= 15 is 0 Å². The van der Waals surface area contributed by atoms with Crippen molar-refractivity contribution in [3.63, 3.8) is 0 Å². The molecule has 138 valence electrons. The largest absolute Gasteiger partial charge is 0.369 e. The molecule has 0 bridgehead atoms. The van der Waals surface area contributed by atoms with Crippen LogP contribution >= 0.6 is 0 Å². The van der Waals surface area contributed by atoms with Crippen molar-refractivity contribution in [1.82, 2.24) is 15.5 Å². The summed E-state index contributed by atoms with van der Waals surface area (Å²) < 4.78 is 0. The first-order valence-electron chi connectivity index (χ1n) is 9.63. The molecule has 1 amide bonds. The Morgan fingerprint density at radius 2 is 1.88 bits per heavy atom. The fraction of sp³-hybridized carbons (Fsp3) is 0.650. The lowest BCUT2D eigenvalue weighted by atomic mass is 10.1. The Morgan fingerprint density at radius 1 is 1.20 bits per heavy atom. The normalized spacial score (nSPS) is 24.7. The maximum Gasteiger partial charge on any atom is 0.251 e. The lowest BCUT2D eigenvalue weighted by molar-refractivity contribution is 0.0948. The van der Waals surface area contributed by atoms with Gasteiger partial charge in [0.2, 0.25) is 0 Å². The molecule has 5 nitrogen and oxygen atoms in total. The molecule has 2 aliphatic heterocycles. The van der Waals surface area contributed by atoms with Crippen LogP contribution in [0.2, 0.25) is 0 Å². The van der Waals surface area contributed by atoms with Crippen molar-refractivity contribution >= 4 is 11.6 Å². The first kappa shape index (κ1) is 18.2. The molecule has 1 aromatic carbocycles. The van der Waals surface area contributed by atoms with Crippen LogP contribution in [0.3, 0.4) is 0 Å². The molecule has 0 spiro atoms. The molecule has 0 aromatic heterocycles. The summed E-state index contributed by atoms with van der Waals surface area (Å²) in [6, 6.07) is 9.26. The van der Waals surface area contributed by atoms with Gasteiger partial charge in [-0.1, -0.05) is 0 Å². The van der Waals surface area contributed by atoms with Crippen LogP contribution in [0.1, 0.15) is 37.6 Å². The zero-order valence-corrected chi connectivity index (χ0v) is 15.8. The maximum atomic E-state index is 12.3. The molecular weight excluding hydrogens is 312 g/mol. The summed E-state index contributed by atoms with van der Waals surface area (Å²) in [5.74, 6) is 0.589. The molecule has 2 heterocycles. The van der Waals surface area contributed by atoms with Crippen molar-refractivity contribution in [3.05, 3.63) is 29.8 Å². The highest BCUT2D eigenvalue weighted by molar-refractivity contribution is 5.94. The Labute approximate surface area is 151 Å². The molecule has 0 radical (unpaired) electrons. The summed E-state index contributed by atoms with van der Waals surface area (Å²) in [6.07, 6.45) is 1.14. The van der Waals surface area contributed by atoms with Gasteiger partial charge in [0.05, 0.1) is 0 Å². The Hall–Kier alpha value is -1.59. The predicted octanol–water partition coefficient (Wildman–Crippen LogP) is 1.94. The number of carbonyl (C=O) groups excluding carboxylic acids is 1. The van der Waals surface area contributed by atoms with Crippen LogP contribution in [0.5, 0.6) is 0 Å². The molecular formula is C20H32N4O. The Kier molecular flexibility index (Phi) is 5.97. The molecule has 5 heteroatoms. The minimum Gasteiger partial charge on any atom is -0.369 e. The number of piperazine rings is 1. The monoisotopic (exact) mass is 344 g/mol. The molecule has 2 unspecified atom stereocenters. The van der Waals surface area contributed by atoms with E-state index in [2.05, 4.69) is 53.3 Å². The summed E-state index contributed by atoms with van der Waals surface area (Å²) in [7, 11) is 0. The summed E-state index contributed by atoms with van der Waals surface area (Å²) in [5.41, 5.74) is 1.97. The molecule has 1 aromatic rings. The topological polar surface area (TPSA) is 47.6 Å². The second-order valence-electron chi connectivity index (χ2n) is 7.78. The minimum atomic E-state index is 0.0377. The standard InChI is InChI=1S/C20H32N4O/c1-15(2)23-8-10-24(11-9-23)19-6-4-18(5-7-19)20(25)22-14-17-12-16(3)21-13-17/h4-7,15-17,21H,8-14H2,1-3H3,(H,22,25). The third-order valence-corrected chi connectivity index (χ3v) is 5.53. The number of amides is 1. The van der Waals surface area contributed by atoms with Gasteiger partial charge in [-0.3, -0.25) is 9.69 Å². The van der Waals surface area contributed by atoms with Crippen LogP contribution in [-0.4, -0.2) is 62.2 Å². The number of carbonyl (C=O) groups is 1. The fourth-order valence-corrected chi connectivity index (χ4v) is 3.85. The van der Waals surface area contributed by atoms with Crippen LogP contribution in [0.25, 0.3) is 0 Å². The van der Waals surface area contributed by atoms with E-state index in [-0.39, 0.29) is 5.91 Å². The quantitative estimate of drug-likeness (QED) is 0.857. The summed E-state index contributed by atoms with van der Waals surface area (Å²) in [6.45, 7) is 12.8. The number of benzene rings is 1. The summed E-state index contributed by atoms with van der Waals surface area (Å²) >= 11 is 0. The van der Waals surface area contributed by atoms with E-state index in [0.29, 0.717) is 18.0 Å². The molecule has 2 N–H and O–H groups in total. The minimum absolute atomic E-state index is 0.0377. The molecule has 3 rings (SSSR count). The lowest BCUT2D eigenvalue weighted by Crippen LogP contribution is -2.48. The smallest absolute Gasteiger partial charge is 0.251 e. The van der Waals surface area contributed by atoms with Gasteiger partial charge in [-0.15, -0.1) is 0 Å². The summed E-state index contributed by atoms with van der Waals surface area (Å²) in [4.78, 5) is 17.3. The maximum absolute atomic E-state index is 12.3. The zero-order chi connectivity index (χ0) is 17.8. The van der Waals surface area contributed by atoms with E-state index in [1.54, 1.807) is 0 Å². The van der Waals surface area contributed by atoms with Crippen LogP contribution < -0.4 is 15.5 Å². The van der Waals surface area contributed by atoms with Crippen LogP contribution in [-0.2, 0) is 0 Å². The van der Waals surface area contributed by atoms with Gasteiger partial charge < -0.3 is 15.5 Å². The van der Waals surface area contributed by atoms with Gasteiger partial charge in [-0.25, -0.2) is 0 Å². The first-order valence-corrected chi connectivity index (χ1v) is 9.63. The molecule has 0 aliphatic carbocycles. The van der Waals surface area contributed by atoms with E-state index in [1.165, 1.54) is 5.69 Å². The lowest BCUT2D eigenvalue weighted by Gasteiger charge is -2.38. The average molecular weight is 345 g/mol. The molecule has 25 heavy (non-hydrogen) atoms. The SMILES string of the molecule is CC1CC(CNC(=O)c2ccc(N3CCN(C(C)C)CC3)cc2)CN1. The van der Waals surface area contributed by atoms with Gasteiger partial charge in [-0.2, -0.15) is 0 Å². The van der Waals surface area contributed by atoms with Gasteiger partial charge in [0, 0.05) is 56.1 Å². The van der Waals surface area contributed by atoms with Crippen molar-refractivity contribution in [3.8, 4) is 0 Å². The zero-order valence-electron chi connectivity index (χ0n) is 15.8. The number of anilines is 1. The van der Waals surface area contributed by atoms with Gasteiger partial charge in [0.25, 0.3) is 5.91 Å². The van der Waals surface area contributed by atoms with Crippen LogP contribution in [0.15, 0.2) is 24.3 Å². The molecule has 2 fully saturated rings. The number of rotatable bonds is 5. The first-order chi connectivity index (χ1) is 12.0. The predicted molar refractivity (Wildman–Crippen MR) is 103 cm³/mol. The van der Waals surface area contributed by atoms with Crippen molar-refractivity contribution in [2.24, 2.45) is 5.92 Å². The van der Waals surface area contributed by atoms with E-state index < -0.39 is 0 Å². The van der Waals surface area contributed by atoms with Gasteiger partial charge in [0.15, 0.2) is 0 Å². The van der Waals surface area contributed by atoms with E-state index in [1.807, 2.05) is 12.1 Å². The fourth-order valence-electron chi connectivity index (χ4n) is 3.85. The highest BCUT2D eigenvalue weighted by atomic mass is 16.1. The van der Waals surface area contributed by atoms with Crippen molar-refractivity contribution in [2.45, 2.75) is 39.3 Å².